The average molecular weight is 467 g/mol. The first-order valence-corrected chi connectivity index (χ1v) is 11.6. The molecule has 0 aliphatic heterocycles. The summed E-state index contributed by atoms with van der Waals surface area (Å²) in [5, 5.41) is 14.8. The van der Waals surface area contributed by atoms with E-state index in [0.29, 0.717) is 12.8 Å². The van der Waals surface area contributed by atoms with E-state index in [1.54, 1.807) is 6.92 Å². The number of hydrogen-bond donors (Lipinski definition) is 3. The third kappa shape index (κ3) is 4.77. The van der Waals surface area contributed by atoms with E-state index < -0.39 is 42.1 Å². The lowest BCUT2D eigenvalue weighted by Crippen LogP contribution is -2.52. The van der Waals surface area contributed by atoms with Gasteiger partial charge in [-0.3, -0.25) is 4.79 Å². The Balaban J connectivity index is 1.37. The van der Waals surface area contributed by atoms with Crippen LogP contribution in [0, 0.1) is 5.92 Å². The molecule has 2 amide bonds. The molecule has 180 valence electrons. The van der Waals surface area contributed by atoms with Crippen molar-refractivity contribution in [3.8, 4) is 11.1 Å². The molecule has 1 fully saturated rings. The quantitative estimate of drug-likeness (QED) is 0.550. The highest BCUT2D eigenvalue weighted by atomic mass is 16.5. The van der Waals surface area contributed by atoms with Crippen molar-refractivity contribution in [2.24, 2.45) is 5.92 Å². The normalized spacial score (nSPS) is 20.6. The highest BCUT2D eigenvalue weighted by molar-refractivity contribution is 5.86. The van der Waals surface area contributed by atoms with E-state index >= 15 is 0 Å². The number of carbonyl (C=O) groups is 3. The highest BCUT2D eigenvalue weighted by Gasteiger charge is 2.37. The molecular formula is C26H30N2O6. The fourth-order valence-electron chi connectivity index (χ4n) is 5.01. The first kappa shape index (κ1) is 23.8. The molecule has 3 N–H and O–H groups in total. The lowest BCUT2D eigenvalue weighted by Gasteiger charge is -2.25. The van der Waals surface area contributed by atoms with Gasteiger partial charge in [-0.2, -0.15) is 0 Å². The molecule has 2 unspecified atom stereocenters. The van der Waals surface area contributed by atoms with E-state index in [9.17, 15) is 19.5 Å². The van der Waals surface area contributed by atoms with Gasteiger partial charge < -0.3 is 25.2 Å². The number of nitrogens with one attached hydrogen (secondary N) is 2. The Kier molecular flexibility index (Phi) is 7.17. The SMILES string of the molecule is COC(C)C(NC(=O)[C@@H]1CCC[C@@H]1NC(=O)OCC1c2ccccc2-c2ccccc21)C(=O)O. The van der Waals surface area contributed by atoms with Gasteiger partial charge in [-0.15, -0.1) is 0 Å². The van der Waals surface area contributed by atoms with Crippen LogP contribution in [-0.2, 0) is 19.1 Å². The van der Waals surface area contributed by atoms with Gasteiger partial charge in [0.25, 0.3) is 0 Å². The molecule has 4 rings (SSSR count). The van der Waals surface area contributed by atoms with Crippen molar-refractivity contribution in [3.63, 3.8) is 0 Å². The summed E-state index contributed by atoms with van der Waals surface area (Å²) < 4.78 is 10.7. The monoisotopic (exact) mass is 466 g/mol. The fourth-order valence-corrected chi connectivity index (χ4v) is 5.01. The molecule has 4 atom stereocenters. The van der Waals surface area contributed by atoms with Gasteiger partial charge in [-0.25, -0.2) is 9.59 Å². The number of fused-ring (bicyclic) bond motifs is 3. The van der Waals surface area contributed by atoms with Gasteiger partial charge in [0.2, 0.25) is 5.91 Å². The number of methoxy groups -OCH3 is 1. The maximum atomic E-state index is 12.8. The van der Waals surface area contributed by atoms with E-state index in [2.05, 4.69) is 34.9 Å². The molecule has 2 aliphatic rings. The minimum absolute atomic E-state index is 0.0484. The molecule has 1 saturated carbocycles. The number of carboxylic acid groups (broad SMARTS) is 1. The van der Waals surface area contributed by atoms with Crippen molar-refractivity contribution in [2.45, 2.75) is 50.3 Å². The minimum atomic E-state index is -1.17. The van der Waals surface area contributed by atoms with Gasteiger partial charge in [-0.1, -0.05) is 55.0 Å². The number of amides is 2. The minimum Gasteiger partial charge on any atom is -0.480 e. The largest absolute Gasteiger partial charge is 0.480 e. The van der Waals surface area contributed by atoms with E-state index in [1.807, 2.05) is 24.3 Å². The van der Waals surface area contributed by atoms with Gasteiger partial charge in [0.15, 0.2) is 6.04 Å². The van der Waals surface area contributed by atoms with Gasteiger partial charge in [-0.05, 0) is 42.0 Å². The van der Waals surface area contributed by atoms with E-state index in [-0.39, 0.29) is 12.5 Å². The van der Waals surface area contributed by atoms with Crippen molar-refractivity contribution >= 4 is 18.0 Å². The molecular weight excluding hydrogens is 436 g/mol. The number of benzene rings is 2. The van der Waals surface area contributed by atoms with Crippen LogP contribution in [0.5, 0.6) is 0 Å². The van der Waals surface area contributed by atoms with Crippen molar-refractivity contribution in [3.05, 3.63) is 59.7 Å². The van der Waals surface area contributed by atoms with Gasteiger partial charge in [0.1, 0.15) is 6.61 Å². The first-order chi connectivity index (χ1) is 16.4. The summed E-state index contributed by atoms with van der Waals surface area (Å²) in [5.74, 6) is -2.14. The Morgan fingerprint density at radius 3 is 2.24 bits per heavy atom. The number of ether oxygens (including phenoxy) is 2. The lowest BCUT2D eigenvalue weighted by molar-refractivity contribution is -0.146. The van der Waals surface area contributed by atoms with Crippen LogP contribution >= 0.6 is 0 Å². The van der Waals surface area contributed by atoms with Crippen LogP contribution < -0.4 is 10.6 Å². The molecule has 0 heterocycles. The molecule has 2 aromatic rings. The molecule has 0 radical (unpaired) electrons. The predicted molar refractivity (Wildman–Crippen MR) is 125 cm³/mol. The second-order valence-electron chi connectivity index (χ2n) is 8.88. The zero-order valence-electron chi connectivity index (χ0n) is 19.3. The Labute approximate surface area is 198 Å². The van der Waals surface area contributed by atoms with E-state index in [1.165, 1.54) is 7.11 Å². The second kappa shape index (κ2) is 10.3. The molecule has 8 heteroatoms. The van der Waals surface area contributed by atoms with Crippen LogP contribution in [0.3, 0.4) is 0 Å². The van der Waals surface area contributed by atoms with E-state index in [4.69, 9.17) is 9.47 Å². The van der Waals surface area contributed by atoms with Gasteiger partial charge in [0.05, 0.1) is 12.0 Å². The molecule has 8 nitrogen and oxygen atoms in total. The van der Waals surface area contributed by atoms with Crippen molar-refractivity contribution in [1.29, 1.82) is 0 Å². The van der Waals surface area contributed by atoms with Crippen molar-refractivity contribution < 1.29 is 29.0 Å². The predicted octanol–water partition coefficient (Wildman–Crippen LogP) is 3.30. The maximum Gasteiger partial charge on any atom is 0.407 e. The van der Waals surface area contributed by atoms with Crippen LogP contribution in [0.1, 0.15) is 43.2 Å². The van der Waals surface area contributed by atoms with Crippen molar-refractivity contribution in [2.75, 3.05) is 13.7 Å². The van der Waals surface area contributed by atoms with Crippen LogP contribution in [-0.4, -0.2) is 55.0 Å². The molecule has 0 saturated heterocycles. The molecule has 2 aliphatic carbocycles. The Hall–Kier alpha value is -3.39. The summed E-state index contributed by atoms with van der Waals surface area (Å²) in [7, 11) is 1.39. The summed E-state index contributed by atoms with van der Waals surface area (Å²) >= 11 is 0. The second-order valence-corrected chi connectivity index (χ2v) is 8.88. The lowest BCUT2D eigenvalue weighted by atomic mass is 9.98. The van der Waals surface area contributed by atoms with Crippen LogP contribution in [0.15, 0.2) is 48.5 Å². The molecule has 2 aromatic carbocycles. The smallest absolute Gasteiger partial charge is 0.407 e. The van der Waals surface area contributed by atoms with Crippen LogP contribution in [0.2, 0.25) is 0 Å². The molecule has 0 spiro atoms. The number of alkyl carbamates (subject to hydrolysis) is 1. The number of hydrogen-bond acceptors (Lipinski definition) is 5. The van der Waals surface area contributed by atoms with Crippen molar-refractivity contribution in [1.82, 2.24) is 10.6 Å². The topological polar surface area (TPSA) is 114 Å². The summed E-state index contributed by atoms with van der Waals surface area (Å²) in [6, 6.07) is 14.6. The van der Waals surface area contributed by atoms with Crippen LogP contribution in [0.25, 0.3) is 11.1 Å². The van der Waals surface area contributed by atoms with Gasteiger partial charge >= 0.3 is 12.1 Å². The average Bonchev–Trinajstić information content (AvgIpc) is 3.43. The molecule has 0 bridgehead atoms. The third-order valence-corrected chi connectivity index (χ3v) is 6.90. The van der Waals surface area contributed by atoms with Crippen LogP contribution in [0.4, 0.5) is 4.79 Å². The zero-order chi connectivity index (χ0) is 24.2. The number of carbonyl (C=O) groups excluding carboxylic acids is 2. The van der Waals surface area contributed by atoms with E-state index in [0.717, 1.165) is 28.7 Å². The Morgan fingerprint density at radius 1 is 1.03 bits per heavy atom. The Morgan fingerprint density at radius 2 is 1.65 bits per heavy atom. The number of aliphatic carboxylic acids is 1. The summed E-state index contributed by atoms with van der Waals surface area (Å²) in [4.78, 5) is 37.0. The Bertz CT molecular complexity index is 1030. The fraction of sp³-hybridized carbons (Fsp3) is 0.423. The summed E-state index contributed by atoms with van der Waals surface area (Å²) in [5.41, 5.74) is 4.55. The summed E-state index contributed by atoms with van der Waals surface area (Å²) in [6.45, 7) is 1.77. The van der Waals surface area contributed by atoms with Gasteiger partial charge in [0, 0.05) is 19.1 Å². The molecule has 34 heavy (non-hydrogen) atoms. The summed E-state index contributed by atoms with van der Waals surface area (Å²) in [6.07, 6.45) is 0.681. The number of rotatable bonds is 8. The maximum absolute atomic E-state index is 12.8. The third-order valence-electron chi connectivity index (χ3n) is 6.90. The number of carboxylic acids is 1. The standard InChI is InChI=1S/C26H30N2O6/c1-15(33-2)23(25(30)31)28-24(29)20-12-7-13-22(20)27-26(32)34-14-21-18-10-5-3-8-16(18)17-9-4-6-11-19(17)21/h3-6,8-11,15,20-23H,7,12-14H2,1-2H3,(H,27,32)(H,28,29)(H,30,31)/t15?,20-,22+,23?/m1/s1. The highest BCUT2D eigenvalue weighted by Crippen LogP contribution is 2.44. The zero-order valence-corrected chi connectivity index (χ0v) is 19.3. The molecule has 0 aromatic heterocycles. The first-order valence-electron chi connectivity index (χ1n) is 11.6.